The maximum Gasteiger partial charge on any atom is 0.280 e. The molecular formula is C31H36N8O3. The van der Waals surface area contributed by atoms with Gasteiger partial charge in [-0.3, -0.25) is 18.9 Å². The van der Waals surface area contributed by atoms with Crippen LogP contribution in [0.15, 0.2) is 59.6 Å². The summed E-state index contributed by atoms with van der Waals surface area (Å²) in [7, 11) is 3.88. The fourth-order valence-corrected chi connectivity index (χ4v) is 6.59. The Labute approximate surface area is 243 Å². The maximum atomic E-state index is 13.7. The average Bonchev–Trinajstić information content (AvgIpc) is 3.60. The van der Waals surface area contributed by atoms with E-state index in [-0.39, 0.29) is 17.6 Å². The van der Waals surface area contributed by atoms with Gasteiger partial charge in [0, 0.05) is 67.8 Å². The highest BCUT2D eigenvalue weighted by Gasteiger charge is 2.32. The van der Waals surface area contributed by atoms with Crippen LogP contribution >= 0.6 is 0 Å². The summed E-state index contributed by atoms with van der Waals surface area (Å²) in [6.07, 6.45) is 9.94. The largest absolute Gasteiger partial charge is 0.392 e. The highest BCUT2D eigenvalue weighted by Crippen LogP contribution is 2.37. The first-order chi connectivity index (χ1) is 20.1. The van der Waals surface area contributed by atoms with Crippen LogP contribution in [0.1, 0.15) is 41.9 Å². The molecule has 3 aliphatic rings. The summed E-state index contributed by atoms with van der Waals surface area (Å²) >= 11 is 0. The van der Waals surface area contributed by atoms with E-state index in [4.69, 9.17) is 0 Å². The topological polar surface area (TPSA) is 116 Å². The van der Waals surface area contributed by atoms with E-state index in [0.717, 1.165) is 49.3 Å². The van der Waals surface area contributed by atoms with E-state index >= 15 is 0 Å². The molecule has 2 aliphatic heterocycles. The van der Waals surface area contributed by atoms with E-state index in [1.807, 2.05) is 45.8 Å². The molecule has 0 fully saturated rings. The van der Waals surface area contributed by atoms with Crippen molar-refractivity contribution in [2.45, 2.75) is 52.6 Å². The Balaban J connectivity index is 1.26. The number of nitrogens with one attached hydrogen (secondary N) is 1. The molecule has 0 saturated heterocycles. The van der Waals surface area contributed by atoms with Gasteiger partial charge in [-0.2, -0.15) is 5.10 Å². The third kappa shape index (κ3) is 4.36. The van der Waals surface area contributed by atoms with Crippen molar-refractivity contribution in [2.75, 3.05) is 26.0 Å². The molecule has 0 spiro atoms. The molecule has 4 aromatic heterocycles. The predicted molar refractivity (Wildman–Crippen MR) is 160 cm³/mol. The fourth-order valence-electron chi connectivity index (χ4n) is 6.59. The molecule has 11 nitrogen and oxygen atoms in total. The summed E-state index contributed by atoms with van der Waals surface area (Å²) in [6.45, 7) is 6.74. The molecule has 1 unspecified atom stereocenters. The summed E-state index contributed by atoms with van der Waals surface area (Å²) < 4.78 is 5.51. The second-order valence-electron chi connectivity index (χ2n) is 12.5. The standard InChI is InChI=1S/C31H36N8O3/c1-31(2)14-19-12-25-30(42)38(9-8-37(25)26(19)15-31)28-23(18-40)22(5-6-32-28)20-11-24(29(41)36(4)16-20)33-27-13-21-17-35(3)7-10-39(21)34-27/h5-6,8-9,11-13,16,29,40-41H,7,10,14-15,17-18H2,1-4H3,(H,33,34). The van der Waals surface area contributed by atoms with E-state index in [0.29, 0.717) is 28.4 Å². The van der Waals surface area contributed by atoms with Crippen LogP contribution in [-0.2, 0) is 32.5 Å². The Hall–Kier alpha value is -4.19. The third-order valence-corrected chi connectivity index (χ3v) is 8.66. The van der Waals surface area contributed by atoms with Gasteiger partial charge in [0.15, 0.2) is 12.0 Å². The minimum absolute atomic E-state index is 0.179. The quantitative estimate of drug-likeness (QED) is 0.336. The lowest BCUT2D eigenvalue weighted by atomic mass is 9.90. The summed E-state index contributed by atoms with van der Waals surface area (Å²) in [4.78, 5) is 22.2. The van der Waals surface area contributed by atoms with Crippen molar-refractivity contribution in [3.63, 3.8) is 0 Å². The fraction of sp³-hybridized carbons (Fsp3) is 0.387. The Morgan fingerprint density at radius 2 is 1.98 bits per heavy atom. The first kappa shape index (κ1) is 26.7. The second-order valence-corrected chi connectivity index (χ2v) is 12.5. The molecule has 0 amide bonds. The second kappa shape index (κ2) is 9.69. The highest BCUT2D eigenvalue weighted by atomic mass is 16.3. The van der Waals surface area contributed by atoms with E-state index in [2.05, 4.69) is 41.2 Å². The number of hydrogen-bond donors (Lipinski definition) is 3. The average molecular weight is 569 g/mol. The number of anilines is 1. The molecule has 42 heavy (non-hydrogen) atoms. The highest BCUT2D eigenvalue weighted by molar-refractivity contribution is 5.79. The van der Waals surface area contributed by atoms with E-state index in [9.17, 15) is 15.0 Å². The van der Waals surface area contributed by atoms with Crippen molar-refractivity contribution < 1.29 is 10.2 Å². The van der Waals surface area contributed by atoms with Crippen LogP contribution in [0.3, 0.4) is 0 Å². The molecule has 11 heteroatoms. The maximum absolute atomic E-state index is 13.7. The molecule has 1 atom stereocenters. The molecule has 3 N–H and O–H groups in total. The third-order valence-electron chi connectivity index (χ3n) is 8.66. The van der Waals surface area contributed by atoms with Crippen LogP contribution in [0.2, 0.25) is 0 Å². The van der Waals surface area contributed by atoms with Gasteiger partial charge in [-0.15, -0.1) is 0 Å². The lowest BCUT2D eigenvalue weighted by Crippen LogP contribution is -2.34. The number of rotatable bonds is 5. The zero-order chi connectivity index (χ0) is 29.3. The minimum atomic E-state index is -0.902. The van der Waals surface area contributed by atoms with Gasteiger partial charge in [-0.25, -0.2) is 4.98 Å². The first-order valence-corrected chi connectivity index (χ1v) is 14.3. The molecule has 4 aromatic rings. The van der Waals surface area contributed by atoms with E-state index < -0.39 is 6.23 Å². The van der Waals surface area contributed by atoms with Gasteiger partial charge < -0.3 is 24.8 Å². The molecule has 7 rings (SSSR count). The van der Waals surface area contributed by atoms with Crippen molar-refractivity contribution in [3.8, 4) is 5.82 Å². The van der Waals surface area contributed by atoms with Gasteiger partial charge in [0.2, 0.25) is 0 Å². The van der Waals surface area contributed by atoms with Crippen LogP contribution in [-0.4, -0.2) is 70.6 Å². The summed E-state index contributed by atoms with van der Waals surface area (Å²) in [5.41, 5.74) is 6.69. The Kier molecular flexibility index (Phi) is 6.16. The van der Waals surface area contributed by atoms with Crippen molar-refractivity contribution in [2.24, 2.45) is 5.41 Å². The van der Waals surface area contributed by atoms with E-state index in [1.54, 1.807) is 24.3 Å². The number of aliphatic hydroxyl groups is 2. The molecule has 1 aliphatic carbocycles. The van der Waals surface area contributed by atoms with Crippen LogP contribution < -0.4 is 10.9 Å². The van der Waals surface area contributed by atoms with Crippen molar-refractivity contribution in [3.05, 3.63) is 93.2 Å². The van der Waals surface area contributed by atoms with Gasteiger partial charge in [-0.1, -0.05) is 13.8 Å². The summed E-state index contributed by atoms with van der Waals surface area (Å²) in [5, 5.41) is 29.6. The number of allylic oxidation sites excluding steroid dienone is 2. The number of aliphatic hydroxyl groups excluding tert-OH is 2. The molecule has 6 heterocycles. The van der Waals surface area contributed by atoms with Gasteiger partial charge >= 0.3 is 0 Å². The number of pyridine rings is 1. The number of nitrogens with zero attached hydrogens (tertiary/aromatic N) is 7. The van der Waals surface area contributed by atoms with Crippen LogP contribution in [0.5, 0.6) is 0 Å². The van der Waals surface area contributed by atoms with E-state index in [1.165, 1.54) is 15.8 Å². The molecule has 0 aromatic carbocycles. The van der Waals surface area contributed by atoms with Gasteiger partial charge in [0.25, 0.3) is 5.56 Å². The van der Waals surface area contributed by atoms with Crippen molar-refractivity contribution >= 4 is 16.9 Å². The van der Waals surface area contributed by atoms with Crippen molar-refractivity contribution in [1.82, 2.24) is 33.5 Å². The SMILES string of the molecule is CN1CCn2nc(NC3=CC(c4ccnc(-n5ccn6c7c(cc6c5=O)CC(C)(C)C7)c4CO)=CN(C)C3O)cc2C1. The minimum Gasteiger partial charge on any atom is -0.392 e. The lowest BCUT2D eigenvalue weighted by Gasteiger charge is -2.30. The first-order valence-electron chi connectivity index (χ1n) is 14.3. The smallest absolute Gasteiger partial charge is 0.280 e. The summed E-state index contributed by atoms with van der Waals surface area (Å²) in [5.74, 6) is 1.05. The number of likely N-dealkylation sites (N-methyl/N-ethyl adjacent to an activating group) is 2. The van der Waals surface area contributed by atoms with Gasteiger partial charge in [0.05, 0.1) is 24.5 Å². The zero-order valence-electron chi connectivity index (χ0n) is 24.4. The number of fused-ring (bicyclic) bond motifs is 4. The Bertz CT molecular complexity index is 1840. The Morgan fingerprint density at radius 3 is 2.79 bits per heavy atom. The number of hydrogen-bond acceptors (Lipinski definition) is 8. The molecule has 0 radical (unpaired) electrons. The molecular weight excluding hydrogens is 532 g/mol. The number of aromatic nitrogens is 5. The summed E-state index contributed by atoms with van der Waals surface area (Å²) in [6, 6.07) is 5.83. The monoisotopic (exact) mass is 568 g/mol. The van der Waals surface area contributed by atoms with Crippen LogP contribution in [0.4, 0.5) is 5.82 Å². The van der Waals surface area contributed by atoms with Crippen LogP contribution in [0, 0.1) is 5.41 Å². The van der Waals surface area contributed by atoms with Gasteiger partial charge in [0.1, 0.15) is 11.3 Å². The van der Waals surface area contributed by atoms with Gasteiger partial charge in [-0.05, 0) is 54.6 Å². The Morgan fingerprint density at radius 1 is 1.14 bits per heavy atom. The molecule has 0 saturated carbocycles. The predicted octanol–water partition coefficient (Wildman–Crippen LogP) is 2.34. The normalized spacial score (nSPS) is 20.0. The van der Waals surface area contributed by atoms with Crippen LogP contribution in [0.25, 0.3) is 16.9 Å². The molecule has 0 bridgehead atoms. The molecule has 218 valence electrons. The lowest BCUT2D eigenvalue weighted by molar-refractivity contribution is 0.0878. The zero-order valence-corrected chi connectivity index (χ0v) is 24.4. The van der Waals surface area contributed by atoms with Crippen molar-refractivity contribution in [1.29, 1.82) is 0 Å².